The van der Waals surface area contributed by atoms with Crippen LogP contribution in [-0.4, -0.2) is 30.0 Å². The average Bonchev–Trinajstić information content (AvgIpc) is 2.64. The van der Waals surface area contributed by atoms with Gasteiger partial charge in [0, 0.05) is 37.4 Å². The molecule has 1 saturated heterocycles. The average molecular weight is 309 g/mol. The summed E-state index contributed by atoms with van der Waals surface area (Å²) in [5.41, 5.74) is 1.01. The smallest absolute Gasteiger partial charge is 0.226 e. The standard InChI is InChI=1S/C19H23N3O/c1-2-19(23)22(16-8-4-3-5-9-16)17-11-14-21(15-12-17)18-10-6-7-13-20-18/h3-10,13,17H,2,11-12,14-15H2,1H3. The number of pyridine rings is 1. The topological polar surface area (TPSA) is 36.4 Å². The molecule has 1 aliphatic rings. The van der Waals surface area contributed by atoms with E-state index in [4.69, 9.17) is 0 Å². The second-order valence-corrected chi connectivity index (χ2v) is 5.86. The summed E-state index contributed by atoms with van der Waals surface area (Å²) in [6, 6.07) is 16.3. The van der Waals surface area contributed by atoms with Gasteiger partial charge in [-0.2, -0.15) is 0 Å². The lowest BCUT2D eigenvalue weighted by Gasteiger charge is -2.39. The third-order valence-corrected chi connectivity index (χ3v) is 4.41. The molecule has 4 nitrogen and oxygen atoms in total. The van der Waals surface area contributed by atoms with E-state index in [1.807, 2.05) is 66.6 Å². The van der Waals surface area contributed by atoms with Crippen LogP contribution in [0.4, 0.5) is 11.5 Å². The molecular formula is C19H23N3O. The second kappa shape index (κ2) is 7.27. The lowest BCUT2D eigenvalue weighted by atomic mass is 10.0. The van der Waals surface area contributed by atoms with Gasteiger partial charge < -0.3 is 9.80 Å². The number of amides is 1. The number of hydrogen-bond acceptors (Lipinski definition) is 3. The summed E-state index contributed by atoms with van der Waals surface area (Å²) >= 11 is 0. The minimum absolute atomic E-state index is 0.201. The summed E-state index contributed by atoms with van der Waals surface area (Å²) in [5.74, 6) is 1.23. The summed E-state index contributed by atoms with van der Waals surface area (Å²) in [6.45, 7) is 3.80. The fraction of sp³-hybridized carbons (Fsp3) is 0.368. The van der Waals surface area contributed by atoms with Crippen molar-refractivity contribution >= 4 is 17.4 Å². The van der Waals surface area contributed by atoms with Crippen LogP contribution in [0.3, 0.4) is 0 Å². The van der Waals surface area contributed by atoms with E-state index in [2.05, 4.69) is 9.88 Å². The number of para-hydroxylation sites is 1. The Morgan fingerprint density at radius 1 is 1.13 bits per heavy atom. The van der Waals surface area contributed by atoms with E-state index < -0.39 is 0 Å². The molecule has 0 saturated carbocycles. The lowest BCUT2D eigenvalue weighted by Crippen LogP contribution is -2.47. The molecule has 2 aromatic rings. The van der Waals surface area contributed by atoms with Crippen molar-refractivity contribution in [3.63, 3.8) is 0 Å². The molecule has 3 rings (SSSR count). The van der Waals surface area contributed by atoms with Gasteiger partial charge in [-0.25, -0.2) is 4.98 Å². The SMILES string of the molecule is CCC(=O)N(c1ccccc1)C1CCN(c2ccccn2)CC1. The van der Waals surface area contributed by atoms with Crippen molar-refractivity contribution < 1.29 is 4.79 Å². The highest BCUT2D eigenvalue weighted by Crippen LogP contribution is 2.26. The molecule has 120 valence electrons. The first-order chi connectivity index (χ1) is 11.3. The number of benzene rings is 1. The Bertz CT molecular complexity index is 622. The summed E-state index contributed by atoms with van der Waals surface area (Å²) in [4.78, 5) is 21.2. The van der Waals surface area contributed by atoms with E-state index in [1.165, 1.54) is 0 Å². The number of piperidine rings is 1. The maximum absolute atomic E-state index is 12.5. The molecule has 1 aliphatic heterocycles. The maximum Gasteiger partial charge on any atom is 0.226 e. The molecule has 0 unspecified atom stereocenters. The number of carbonyl (C=O) groups excluding carboxylic acids is 1. The molecule has 0 atom stereocenters. The molecule has 23 heavy (non-hydrogen) atoms. The van der Waals surface area contributed by atoms with Crippen LogP contribution in [0.25, 0.3) is 0 Å². The minimum atomic E-state index is 0.201. The fourth-order valence-electron chi connectivity index (χ4n) is 3.21. The summed E-state index contributed by atoms with van der Waals surface area (Å²) < 4.78 is 0. The molecule has 0 N–H and O–H groups in total. The molecule has 0 radical (unpaired) electrons. The number of anilines is 2. The van der Waals surface area contributed by atoms with Gasteiger partial charge in [0.15, 0.2) is 0 Å². The molecule has 1 amide bonds. The molecule has 1 fully saturated rings. The van der Waals surface area contributed by atoms with Crippen molar-refractivity contribution in [1.82, 2.24) is 4.98 Å². The Kier molecular flexibility index (Phi) is 4.91. The fourth-order valence-corrected chi connectivity index (χ4v) is 3.21. The Morgan fingerprint density at radius 2 is 1.83 bits per heavy atom. The normalized spacial score (nSPS) is 15.4. The number of nitrogens with zero attached hydrogens (tertiary/aromatic N) is 3. The molecule has 0 aliphatic carbocycles. The zero-order valence-electron chi connectivity index (χ0n) is 13.6. The molecule has 1 aromatic heterocycles. The third kappa shape index (κ3) is 3.52. The van der Waals surface area contributed by atoms with Crippen LogP contribution in [0.5, 0.6) is 0 Å². The third-order valence-electron chi connectivity index (χ3n) is 4.41. The number of aromatic nitrogens is 1. The maximum atomic E-state index is 12.5. The Morgan fingerprint density at radius 3 is 2.43 bits per heavy atom. The largest absolute Gasteiger partial charge is 0.356 e. The predicted molar refractivity (Wildman–Crippen MR) is 93.7 cm³/mol. The first-order valence-corrected chi connectivity index (χ1v) is 8.32. The lowest BCUT2D eigenvalue weighted by molar-refractivity contribution is -0.118. The first kappa shape index (κ1) is 15.5. The highest BCUT2D eigenvalue weighted by molar-refractivity contribution is 5.93. The molecule has 4 heteroatoms. The second-order valence-electron chi connectivity index (χ2n) is 5.86. The molecule has 0 bridgehead atoms. The zero-order chi connectivity index (χ0) is 16.1. The zero-order valence-corrected chi connectivity index (χ0v) is 13.6. The van der Waals surface area contributed by atoms with Gasteiger partial charge in [-0.1, -0.05) is 31.2 Å². The van der Waals surface area contributed by atoms with Gasteiger partial charge in [0.1, 0.15) is 5.82 Å². The summed E-state index contributed by atoms with van der Waals surface area (Å²) in [7, 11) is 0. The van der Waals surface area contributed by atoms with E-state index in [1.54, 1.807) is 0 Å². The highest BCUT2D eigenvalue weighted by Gasteiger charge is 2.28. The van der Waals surface area contributed by atoms with E-state index >= 15 is 0 Å². The van der Waals surface area contributed by atoms with Crippen LogP contribution in [0.1, 0.15) is 26.2 Å². The van der Waals surface area contributed by atoms with Gasteiger partial charge in [-0.3, -0.25) is 4.79 Å². The van der Waals surface area contributed by atoms with Crippen molar-refractivity contribution in [2.75, 3.05) is 22.9 Å². The van der Waals surface area contributed by atoms with E-state index in [9.17, 15) is 4.79 Å². The van der Waals surface area contributed by atoms with E-state index in [0.717, 1.165) is 37.4 Å². The molecule has 0 spiro atoms. The predicted octanol–water partition coefficient (Wildman–Crippen LogP) is 3.49. The summed E-state index contributed by atoms with van der Waals surface area (Å²) in [5, 5.41) is 0. The molecule has 1 aromatic carbocycles. The Hall–Kier alpha value is -2.36. The van der Waals surface area contributed by atoms with Crippen LogP contribution >= 0.6 is 0 Å². The van der Waals surface area contributed by atoms with Gasteiger partial charge >= 0.3 is 0 Å². The van der Waals surface area contributed by atoms with Crippen LogP contribution in [-0.2, 0) is 4.79 Å². The van der Waals surface area contributed by atoms with Gasteiger partial charge in [0.05, 0.1) is 0 Å². The van der Waals surface area contributed by atoms with E-state index in [-0.39, 0.29) is 11.9 Å². The monoisotopic (exact) mass is 309 g/mol. The van der Waals surface area contributed by atoms with Gasteiger partial charge in [0.25, 0.3) is 0 Å². The van der Waals surface area contributed by atoms with Crippen LogP contribution in [0.2, 0.25) is 0 Å². The van der Waals surface area contributed by atoms with Crippen molar-refractivity contribution in [1.29, 1.82) is 0 Å². The van der Waals surface area contributed by atoms with Crippen molar-refractivity contribution in [3.8, 4) is 0 Å². The highest BCUT2D eigenvalue weighted by atomic mass is 16.2. The molecule has 2 heterocycles. The van der Waals surface area contributed by atoms with Crippen molar-refractivity contribution in [3.05, 3.63) is 54.7 Å². The van der Waals surface area contributed by atoms with Gasteiger partial charge in [-0.15, -0.1) is 0 Å². The van der Waals surface area contributed by atoms with Crippen molar-refractivity contribution in [2.45, 2.75) is 32.2 Å². The van der Waals surface area contributed by atoms with Crippen LogP contribution < -0.4 is 9.80 Å². The number of rotatable bonds is 4. The van der Waals surface area contributed by atoms with Gasteiger partial charge in [0.2, 0.25) is 5.91 Å². The van der Waals surface area contributed by atoms with E-state index in [0.29, 0.717) is 6.42 Å². The van der Waals surface area contributed by atoms with Crippen LogP contribution in [0, 0.1) is 0 Å². The Labute approximate surface area is 137 Å². The van der Waals surface area contributed by atoms with Gasteiger partial charge in [-0.05, 0) is 37.1 Å². The molecular weight excluding hydrogens is 286 g/mol. The summed E-state index contributed by atoms with van der Waals surface area (Å²) in [6.07, 6.45) is 4.31. The quantitative estimate of drug-likeness (QED) is 0.867. The number of carbonyl (C=O) groups is 1. The first-order valence-electron chi connectivity index (χ1n) is 8.32. The Balaban J connectivity index is 1.72. The van der Waals surface area contributed by atoms with Crippen LogP contribution in [0.15, 0.2) is 54.7 Å². The van der Waals surface area contributed by atoms with Crippen molar-refractivity contribution in [2.24, 2.45) is 0 Å². The minimum Gasteiger partial charge on any atom is -0.356 e. The number of hydrogen-bond donors (Lipinski definition) is 0.